The fourth-order valence-corrected chi connectivity index (χ4v) is 2.01. The lowest BCUT2D eigenvalue weighted by Crippen LogP contribution is -2.19. The Kier molecular flexibility index (Phi) is 3.19. The van der Waals surface area contributed by atoms with Crippen molar-refractivity contribution in [3.63, 3.8) is 0 Å². The van der Waals surface area contributed by atoms with E-state index in [0.717, 1.165) is 35.7 Å². The van der Waals surface area contributed by atoms with Gasteiger partial charge in [-0.1, -0.05) is 12.1 Å². The van der Waals surface area contributed by atoms with Gasteiger partial charge in [-0.15, -0.1) is 0 Å². The second-order valence-corrected chi connectivity index (χ2v) is 4.18. The van der Waals surface area contributed by atoms with Crippen molar-refractivity contribution in [3.05, 3.63) is 47.9 Å². The number of ether oxygens (including phenoxy) is 2. The van der Waals surface area contributed by atoms with Gasteiger partial charge in [0.1, 0.15) is 13.2 Å². The Morgan fingerprint density at radius 1 is 1.06 bits per heavy atom. The summed E-state index contributed by atoms with van der Waals surface area (Å²) in [6.07, 6.45) is 3.42. The molecule has 0 atom stereocenters. The summed E-state index contributed by atoms with van der Waals surface area (Å²) in [4.78, 5) is 0. The van der Waals surface area contributed by atoms with Crippen LogP contribution in [0.2, 0.25) is 0 Å². The summed E-state index contributed by atoms with van der Waals surface area (Å²) in [7, 11) is 0. The first kappa shape index (κ1) is 11.2. The van der Waals surface area contributed by atoms with Gasteiger partial charge in [0.2, 0.25) is 0 Å². The summed E-state index contributed by atoms with van der Waals surface area (Å²) >= 11 is 0. The summed E-state index contributed by atoms with van der Waals surface area (Å²) in [5, 5.41) is 3.36. The normalized spacial score (nSPS) is 13.6. The van der Waals surface area contributed by atoms with Crippen LogP contribution in [-0.4, -0.2) is 13.2 Å². The Labute approximate surface area is 106 Å². The molecule has 1 aromatic carbocycles. The van der Waals surface area contributed by atoms with Gasteiger partial charge in [0.15, 0.2) is 11.5 Å². The Bertz CT molecular complexity index is 508. The van der Waals surface area contributed by atoms with Crippen LogP contribution in [0.1, 0.15) is 11.1 Å². The number of para-hydroxylation sites is 1. The lowest BCUT2D eigenvalue weighted by atomic mass is 10.1. The number of hydrogen-bond donors (Lipinski definition) is 1. The van der Waals surface area contributed by atoms with E-state index >= 15 is 0 Å². The van der Waals surface area contributed by atoms with Crippen molar-refractivity contribution in [2.75, 3.05) is 13.2 Å². The first-order valence-corrected chi connectivity index (χ1v) is 6.03. The molecule has 1 aliphatic rings. The number of fused-ring (bicyclic) bond motifs is 1. The van der Waals surface area contributed by atoms with E-state index in [4.69, 9.17) is 13.9 Å². The molecule has 1 N–H and O–H groups in total. The molecule has 0 spiro atoms. The van der Waals surface area contributed by atoms with E-state index < -0.39 is 0 Å². The van der Waals surface area contributed by atoms with Gasteiger partial charge in [-0.2, -0.15) is 0 Å². The van der Waals surface area contributed by atoms with Gasteiger partial charge in [-0.3, -0.25) is 0 Å². The van der Waals surface area contributed by atoms with Crippen LogP contribution in [0.4, 0.5) is 0 Å². The van der Waals surface area contributed by atoms with E-state index in [0.29, 0.717) is 13.2 Å². The Morgan fingerprint density at radius 2 is 2.00 bits per heavy atom. The van der Waals surface area contributed by atoms with E-state index in [1.165, 1.54) is 0 Å². The first-order chi connectivity index (χ1) is 8.93. The maximum absolute atomic E-state index is 5.66. The molecular weight excluding hydrogens is 230 g/mol. The molecule has 1 aromatic heterocycles. The van der Waals surface area contributed by atoms with Crippen LogP contribution in [0.3, 0.4) is 0 Å². The number of nitrogens with one attached hydrogen (secondary N) is 1. The van der Waals surface area contributed by atoms with E-state index in [2.05, 4.69) is 11.4 Å². The fraction of sp³-hybridized carbons (Fsp3) is 0.286. The summed E-state index contributed by atoms with van der Waals surface area (Å²) in [5.41, 5.74) is 2.26. The maximum Gasteiger partial charge on any atom is 0.165 e. The van der Waals surface area contributed by atoms with E-state index in [-0.39, 0.29) is 0 Å². The van der Waals surface area contributed by atoms with Crippen molar-refractivity contribution in [1.29, 1.82) is 0 Å². The van der Waals surface area contributed by atoms with Gasteiger partial charge in [0.05, 0.1) is 12.5 Å². The Hall–Kier alpha value is -1.94. The lowest BCUT2D eigenvalue weighted by Gasteiger charge is -2.21. The van der Waals surface area contributed by atoms with Crippen molar-refractivity contribution < 1.29 is 13.9 Å². The second kappa shape index (κ2) is 5.14. The number of hydrogen-bond acceptors (Lipinski definition) is 4. The third-order valence-electron chi connectivity index (χ3n) is 2.87. The highest BCUT2D eigenvalue weighted by Crippen LogP contribution is 2.33. The van der Waals surface area contributed by atoms with Gasteiger partial charge in [0, 0.05) is 24.2 Å². The largest absolute Gasteiger partial charge is 0.486 e. The zero-order valence-corrected chi connectivity index (χ0v) is 10.0. The quantitative estimate of drug-likeness (QED) is 0.898. The zero-order valence-electron chi connectivity index (χ0n) is 10.0. The molecule has 4 nitrogen and oxygen atoms in total. The standard InChI is InChI=1S/C14H15NO3/c1-2-12(9-15-8-11-4-5-16-10-11)14-13(3-1)17-6-7-18-14/h1-5,10,15H,6-9H2. The molecule has 0 unspecified atom stereocenters. The molecular formula is C14H15NO3. The minimum absolute atomic E-state index is 0.617. The van der Waals surface area contributed by atoms with Gasteiger partial charge in [-0.05, 0) is 12.1 Å². The lowest BCUT2D eigenvalue weighted by molar-refractivity contribution is 0.169. The molecule has 0 bridgehead atoms. The molecule has 0 saturated carbocycles. The number of benzene rings is 1. The molecule has 0 amide bonds. The molecule has 2 aromatic rings. The molecule has 4 heteroatoms. The van der Waals surface area contributed by atoms with Gasteiger partial charge in [0.25, 0.3) is 0 Å². The minimum atomic E-state index is 0.617. The number of rotatable bonds is 4. The van der Waals surface area contributed by atoms with Crippen LogP contribution in [0, 0.1) is 0 Å². The monoisotopic (exact) mass is 245 g/mol. The van der Waals surface area contributed by atoms with E-state index in [1.807, 2.05) is 18.2 Å². The molecule has 0 aliphatic carbocycles. The average Bonchev–Trinajstić information content (AvgIpc) is 2.92. The smallest absolute Gasteiger partial charge is 0.165 e. The zero-order chi connectivity index (χ0) is 12.2. The van der Waals surface area contributed by atoms with Crippen LogP contribution in [-0.2, 0) is 13.1 Å². The van der Waals surface area contributed by atoms with Crippen molar-refractivity contribution in [2.45, 2.75) is 13.1 Å². The second-order valence-electron chi connectivity index (χ2n) is 4.18. The Balaban J connectivity index is 1.65. The van der Waals surface area contributed by atoms with Crippen molar-refractivity contribution >= 4 is 0 Å². The first-order valence-electron chi connectivity index (χ1n) is 6.03. The van der Waals surface area contributed by atoms with Gasteiger partial charge < -0.3 is 19.2 Å². The van der Waals surface area contributed by atoms with Crippen molar-refractivity contribution in [1.82, 2.24) is 5.32 Å². The minimum Gasteiger partial charge on any atom is -0.486 e. The maximum atomic E-state index is 5.66. The van der Waals surface area contributed by atoms with Crippen LogP contribution in [0.15, 0.2) is 41.2 Å². The molecule has 2 heterocycles. The highest BCUT2D eigenvalue weighted by atomic mass is 16.6. The topological polar surface area (TPSA) is 43.6 Å². The Morgan fingerprint density at radius 3 is 2.89 bits per heavy atom. The van der Waals surface area contributed by atoms with Crippen molar-refractivity contribution in [3.8, 4) is 11.5 Å². The van der Waals surface area contributed by atoms with E-state index in [1.54, 1.807) is 12.5 Å². The summed E-state index contributed by atoms with van der Waals surface area (Å²) in [5.74, 6) is 1.70. The van der Waals surface area contributed by atoms with Crippen molar-refractivity contribution in [2.24, 2.45) is 0 Å². The van der Waals surface area contributed by atoms with Crippen LogP contribution in [0.5, 0.6) is 11.5 Å². The molecule has 94 valence electrons. The molecule has 0 radical (unpaired) electrons. The molecule has 0 fully saturated rings. The van der Waals surface area contributed by atoms with Crippen LogP contribution in [0.25, 0.3) is 0 Å². The van der Waals surface area contributed by atoms with Crippen LogP contribution < -0.4 is 14.8 Å². The van der Waals surface area contributed by atoms with Crippen LogP contribution >= 0.6 is 0 Å². The third kappa shape index (κ3) is 2.33. The summed E-state index contributed by atoms with van der Waals surface area (Å²) in [6, 6.07) is 7.93. The fourth-order valence-electron chi connectivity index (χ4n) is 2.01. The molecule has 18 heavy (non-hydrogen) atoms. The van der Waals surface area contributed by atoms with Gasteiger partial charge >= 0.3 is 0 Å². The highest BCUT2D eigenvalue weighted by Gasteiger charge is 2.14. The predicted molar refractivity (Wildman–Crippen MR) is 66.7 cm³/mol. The molecule has 1 aliphatic heterocycles. The average molecular weight is 245 g/mol. The SMILES string of the molecule is c1cc(CNCc2ccoc2)c2c(c1)OCCO2. The van der Waals surface area contributed by atoms with E-state index in [9.17, 15) is 0 Å². The number of furan rings is 1. The summed E-state index contributed by atoms with van der Waals surface area (Å²) in [6.45, 7) is 2.77. The predicted octanol–water partition coefficient (Wildman–Crippen LogP) is 2.34. The third-order valence-corrected chi connectivity index (χ3v) is 2.87. The van der Waals surface area contributed by atoms with Gasteiger partial charge in [-0.25, -0.2) is 0 Å². The molecule has 3 rings (SSSR count). The molecule has 0 saturated heterocycles. The summed E-state index contributed by atoms with van der Waals surface area (Å²) < 4.78 is 16.2. The highest BCUT2D eigenvalue weighted by molar-refractivity contribution is 5.47.